The number of benzene rings is 1. The van der Waals surface area contributed by atoms with Crippen molar-refractivity contribution in [1.82, 2.24) is 9.97 Å². The molecule has 0 aliphatic carbocycles. The predicted octanol–water partition coefficient (Wildman–Crippen LogP) is 4.61. The van der Waals surface area contributed by atoms with E-state index in [1.807, 2.05) is 23.6 Å². The van der Waals surface area contributed by atoms with E-state index in [1.54, 1.807) is 11.3 Å². The molecule has 0 N–H and O–H groups in total. The summed E-state index contributed by atoms with van der Waals surface area (Å²) in [4.78, 5) is 12.5. The van der Waals surface area contributed by atoms with Crippen LogP contribution in [0, 0.1) is 0 Å². The van der Waals surface area contributed by atoms with Crippen LogP contribution in [0.4, 0.5) is 5.69 Å². The molecule has 5 heteroatoms. The molecule has 4 rings (SSSR count). The van der Waals surface area contributed by atoms with Gasteiger partial charge in [-0.3, -0.25) is 0 Å². The van der Waals surface area contributed by atoms with Gasteiger partial charge in [0.05, 0.1) is 10.4 Å². The molecular weight excluding hydrogens is 302 g/mol. The Hall–Kier alpha value is -1.65. The molecule has 3 heterocycles. The molecule has 2 aromatic heterocycles. The minimum Gasteiger partial charge on any atom is -0.372 e. The zero-order chi connectivity index (χ0) is 14.2. The summed E-state index contributed by atoms with van der Waals surface area (Å²) >= 11 is 8.02. The number of aromatic nitrogens is 2. The fourth-order valence-corrected chi connectivity index (χ4v) is 3.66. The maximum atomic E-state index is 6.39. The Bertz CT molecular complexity index is 780. The van der Waals surface area contributed by atoms with Gasteiger partial charge < -0.3 is 4.90 Å². The largest absolute Gasteiger partial charge is 0.372 e. The van der Waals surface area contributed by atoms with Crippen LogP contribution >= 0.6 is 22.9 Å². The number of fused-ring (bicyclic) bond motifs is 1. The van der Waals surface area contributed by atoms with Crippen LogP contribution in [0.3, 0.4) is 0 Å². The van der Waals surface area contributed by atoms with E-state index in [-0.39, 0.29) is 0 Å². The SMILES string of the molecule is Clc1nc(-c2cccs2)nc2ccc(N3CCCC3)cc12. The van der Waals surface area contributed by atoms with Gasteiger partial charge in [0.2, 0.25) is 0 Å². The lowest BCUT2D eigenvalue weighted by Gasteiger charge is -2.18. The average Bonchev–Trinajstić information content (AvgIpc) is 3.20. The summed E-state index contributed by atoms with van der Waals surface area (Å²) in [5.74, 6) is 0.705. The van der Waals surface area contributed by atoms with Crippen LogP contribution < -0.4 is 4.90 Å². The van der Waals surface area contributed by atoms with Crippen molar-refractivity contribution in [3.05, 3.63) is 40.9 Å². The van der Waals surface area contributed by atoms with Gasteiger partial charge in [-0.2, -0.15) is 0 Å². The minimum atomic E-state index is 0.532. The Morgan fingerprint density at radius 1 is 1.10 bits per heavy atom. The number of rotatable bonds is 2. The summed E-state index contributed by atoms with van der Waals surface area (Å²) in [6.07, 6.45) is 2.53. The maximum absolute atomic E-state index is 6.39. The lowest BCUT2D eigenvalue weighted by Crippen LogP contribution is -2.17. The van der Waals surface area contributed by atoms with Gasteiger partial charge >= 0.3 is 0 Å². The first kappa shape index (κ1) is 13.0. The van der Waals surface area contributed by atoms with Crippen molar-refractivity contribution in [3.8, 4) is 10.7 Å². The molecule has 1 aromatic carbocycles. The standard InChI is InChI=1S/C16H14ClN3S/c17-15-12-10-11(20-7-1-2-8-20)5-6-13(12)18-16(19-15)14-4-3-9-21-14/h3-6,9-10H,1-2,7-8H2. The summed E-state index contributed by atoms with van der Waals surface area (Å²) in [5, 5.41) is 3.48. The van der Waals surface area contributed by atoms with Gasteiger partial charge in [0, 0.05) is 24.2 Å². The minimum absolute atomic E-state index is 0.532. The quantitative estimate of drug-likeness (QED) is 0.647. The Balaban J connectivity index is 1.82. The highest BCUT2D eigenvalue weighted by atomic mass is 35.5. The summed E-state index contributed by atoms with van der Waals surface area (Å²) in [6, 6.07) is 10.3. The third-order valence-corrected chi connectivity index (χ3v) is 5.00. The molecule has 1 fully saturated rings. The van der Waals surface area contributed by atoms with Crippen LogP contribution in [-0.4, -0.2) is 23.1 Å². The van der Waals surface area contributed by atoms with Crippen LogP contribution in [-0.2, 0) is 0 Å². The highest BCUT2D eigenvalue weighted by Gasteiger charge is 2.15. The highest BCUT2D eigenvalue weighted by molar-refractivity contribution is 7.13. The Morgan fingerprint density at radius 2 is 1.95 bits per heavy atom. The number of hydrogen-bond acceptors (Lipinski definition) is 4. The lowest BCUT2D eigenvalue weighted by molar-refractivity contribution is 0.949. The molecule has 0 radical (unpaired) electrons. The summed E-state index contributed by atoms with van der Waals surface area (Å²) in [7, 11) is 0. The zero-order valence-electron chi connectivity index (χ0n) is 11.4. The van der Waals surface area contributed by atoms with E-state index in [0.29, 0.717) is 11.0 Å². The molecule has 3 nitrogen and oxygen atoms in total. The Morgan fingerprint density at radius 3 is 2.71 bits per heavy atom. The Kier molecular flexibility index (Phi) is 3.28. The predicted molar refractivity (Wildman–Crippen MR) is 89.3 cm³/mol. The maximum Gasteiger partial charge on any atom is 0.171 e. The van der Waals surface area contributed by atoms with Crippen LogP contribution in [0.25, 0.3) is 21.6 Å². The first-order chi connectivity index (χ1) is 10.3. The smallest absolute Gasteiger partial charge is 0.171 e. The first-order valence-electron chi connectivity index (χ1n) is 7.07. The molecule has 1 aliphatic heterocycles. The van der Waals surface area contributed by atoms with Crippen LogP contribution in [0.5, 0.6) is 0 Å². The molecule has 3 aromatic rings. The molecule has 21 heavy (non-hydrogen) atoms. The summed E-state index contributed by atoms with van der Waals surface area (Å²) in [6.45, 7) is 2.24. The summed E-state index contributed by atoms with van der Waals surface area (Å²) in [5.41, 5.74) is 2.12. The molecule has 0 unspecified atom stereocenters. The molecule has 1 saturated heterocycles. The normalized spacial score (nSPS) is 15.0. The van der Waals surface area contributed by atoms with Gasteiger partial charge in [0.1, 0.15) is 5.15 Å². The lowest BCUT2D eigenvalue weighted by atomic mass is 10.2. The highest BCUT2D eigenvalue weighted by Crippen LogP contribution is 2.30. The second-order valence-corrected chi connectivity index (χ2v) is 6.52. The van der Waals surface area contributed by atoms with E-state index in [9.17, 15) is 0 Å². The molecule has 0 amide bonds. The van der Waals surface area contributed by atoms with Crippen LogP contribution in [0.1, 0.15) is 12.8 Å². The number of anilines is 1. The van der Waals surface area contributed by atoms with E-state index in [1.165, 1.54) is 18.5 Å². The van der Waals surface area contributed by atoms with Crippen molar-refractivity contribution in [2.45, 2.75) is 12.8 Å². The van der Waals surface area contributed by atoms with Crippen molar-refractivity contribution < 1.29 is 0 Å². The van der Waals surface area contributed by atoms with Gasteiger partial charge in [-0.15, -0.1) is 11.3 Å². The fraction of sp³-hybridized carbons (Fsp3) is 0.250. The van der Waals surface area contributed by atoms with E-state index >= 15 is 0 Å². The second kappa shape index (κ2) is 5.28. The first-order valence-corrected chi connectivity index (χ1v) is 8.33. The Labute approximate surface area is 132 Å². The number of thiophene rings is 1. The second-order valence-electron chi connectivity index (χ2n) is 5.21. The van der Waals surface area contributed by atoms with Crippen LogP contribution in [0.2, 0.25) is 5.15 Å². The van der Waals surface area contributed by atoms with Gasteiger partial charge in [0.25, 0.3) is 0 Å². The third kappa shape index (κ3) is 2.39. The fourth-order valence-electron chi connectivity index (χ4n) is 2.77. The zero-order valence-corrected chi connectivity index (χ0v) is 13.0. The number of hydrogen-bond donors (Lipinski definition) is 0. The molecule has 0 bridgehead atoms. The molecule has 1 aliphatic rings. The van der Waals surface area contributed by atoms with Crippen molar-refractivity contribution in [2.24, 2.45) is 0 Å². The van der Waals surface area contributed by atoms with Gasteiger partial charge in [0.15, 0.2) is 5.82 Å². The molecule has 106 valence electrons. The molecule has 0 spiro atoms. The monoisotopic (exact) mass is 315 g/mol. The molecule has 0 atom stereocenters. The van der Waals surface area contributed by atoms with Crippen molar-refractivity contribution >= 4 is 39.5 Å². The van der Waals surface area contributed by atoms with Gasteiger partial charge in [-0.1, -0.05) is 17.7 Å². The molecule has 0 saturated carbocycles. The number of halogens is 1. The van der Waals surface area contributed by atoms with E-state index in [0.717, 1.165) is 28.9 Å². The van der Waals surface area contributed by atoms with Gasteiger partial charge in [-0.25, -0.2) is 9.97 Å². The van der Waals surface area contributed by atoms with Gasteiger partial charge in [-0.05, 0) is 42.5 Å². The van der Waals surface area contributed by atoms with Crippen molar-refractivity contribution in [1.29, 1.82) is 0 Å². The van der Waals surface area contributed by atoms with E-state index in [2.05, 4.69) is 27.0 Å². The average molecular weight is 316 g/mol. The molecular formula is C16H14ClN3S. The van der Waals surface area contributed by atoms with E-state index < -0.39 is 0 Å². The third-order valence-electron chi connectivity index (χ3n) is 3.85. The number of nitrogens with zero attached hydrogens (tertiary/aromatic N) is 3. The topological polar surface area (TPSA) is 29.0 Å². The summed E-state index contributed by atoms with van der Waals surface area (Å²) < 4.78 is 0. The van der Waals surface area contributed by atoms with Crippen molar-refractivity contribution in [2.75, 3.05) is 18.0 Å². The van der Waals surface area contributed by atoms with E-state index in [4.69, 9.17) is 11.6 Å². The van der Waals surface area contributed by atoms with Crippen molar-refractivity contribution in [3.63, 3.8) is 0 Å². The van der Waals surface area contributed by atoms with Crippen LogP contribution in [0.15, 0.2) is 35.7 Å².